The van der Waals surface area contributed by atoms with Gasteiger partial charge in [0.15, 0.2) is 0 Å². The van der Waals surface area contributed by atoms with E-state index in [9.17, 15) is 10.2 Å². The molecule has 4 nitrogen and oxygen atoms in total. The molecular weight excluding hydrogens is 204 g/mol. The molecule has 1 aromatic heterocycles. The molecule has 1 saturated heterocycles. The monoisotopic (exact) mass is 222 g/mol. The van der Waals surface area contributed by atoms with E-state index in [1.54, 1.807) is 12.4 Å². The highest BCUT2D eigenvalue weighted by atomic mass is 16.3. The van der Waals surface area contributed by atoms with Gasteiger partial charge in [0.1, 0.15) is 0 Å². The van der Waals surface area contributed by atoms with Crippen LogP contribution in [0, 0.1) is 5.92 Å². The first kappa shape index (κ1) is 11.4. The number of aliphatic hydroxyl groups excluding tert-OH is 2. The number of aromatic nitrogens is 1. The van der Waals surface area contributed by atoms with Crippen molar-refractivity contribution >= 4 is 5.69 Å². The van der Waals surface area contributed by atoms with Crippen LogP contribution in [0.1, 0.15) is 18.4 Å². The van der Waals surface area contributed by atoms with Gasteiger partial charge in [0.05, 0.1) is 18.5 Å². The summed E-state index contributed by atoms with van der Waals surface area (Å²) >= 11 is 0. The minimum atomic E-state index is 0.0398. The topological polar surface area (TPSA) is 56.6 Å². The number of pyridine rings is 1. The van der Waals surface area contributed by atoms with Gasteiger partial charge in [0.2, 0.25) is 0 Å². The zero-order valence-corrected chi connectivity index (χ0v) is 9.34. The average Bonchev–Trinajstić information content (AvgIpc) is 2.38. The predicted molar refractivity (Wildman–Crippen MR) is 62.2 cm³/mol. The Labute approximate surface area is 95.5 Å². The number of hydrogen-bond donors (Lipinski definition) is 2. The van der Waals surface area contributed by atoms with Gasteiger partial charge in [0, 0.05) is 31.5 Å². The zero-order valence-electron chi connectivity index (χ0n) is 9.34. The largest absolute Gasteiger partial charge is 0.396 e. The summed E-state index contributed by atoms with van der Waals surface area (Å²) < 4.78 is 0. The van der Waals surface area contributed by atoms with Crippen LogP contribution in [0.15, 0.2) is 18.5 Å². The summed E-state index contributed by atoms with van der Waals surface area (Å²) in [5, 5.41) is 18.5. The molecule has 0 aromatic carbocycles. The minimum absolute atomic E-state index is 0.0398. The Morgan fingerprint density at radius 2 is 2.31 bits per heavy atom. The van der Waals surface area contributed by atoms with Gasteiger partial charge >= 0.3 is 0 Å². The van der Waals surface area contributed by atoms with E-state index < -0.39 is 0 Å². The van der Waals surface area contributed by atoms with Crippen LogP contribution < -0.4 is 4.90 Å². The Hall–Kier alpha value is -1.13. The summed E-state index contributed by atoms with van der Waals surface area (Å²) in [5.74, 6) is 0.348. The van der Waals surface area contributed by atoms with E-state index in [-0.39, 0.29) is 13.2 Å². The van der Waals surface area contributed by atoms with E-state index in [0.29, 0.717) is 5.92 Å². The van der Waals surface area contributed by atoms with E-state index in [1.165, 1.54) is 0 Å². The lowest BCUT2D eigenvalue weighted by Gasteiger charge is -2.34. The van der Waals surface area contributed by atoms with E-state index in [2.05, 4.69) is 9.88 Å². The van der Waals surface area contributed by atoms with Crippen LogP contribution in [-0.4, -0.2) is 34.9 Å². The Bertz CT molecular complexity index is 344. The van der Waals surface area contributed by atoms with Gasteiger partial charge in [-0.3, -0.25) is 4.98 Å². The second kappa shape index (κ2) is 5.27. The highest BCUT2D eigenvalue weighted by Crippen LogP contribution is 2.25. The molecule has 2 N–H and O–H groups in total. The first-order valence-corrected chi connectivity index (χ1v) is 5.74. The van der Waals surface area contributed by atoms with Crippen LogP contribution in [0.3, 0.4) is 0 Å². The van der Waals surface area contributed by atoms with Crippen molar-refractivity contribution in [1.29, 1.82) is 0 Å². The molecule has 0 spiro atoms. The van der Waals surface area contributed by atoms with Crippen LogP contribution in [0.2, 0.25) is 0 Å². The van der Waals surface area contributed by atoms with E-state index >= 15 is 0 Å². The molecule has 88 valence electrons. The summed E-state index contributed by atoms with van der Waals surface area (Å²) in [4.78, 5) is 6.32. The smallest absolute Gasteiger partial charge is 0.0703 e. The van der Waals surface area contributed by atoms with Gasteiger partial charge in [-0.1, -0.05) is 0 Å². The average molecular weight is 222 g/mol. The predicted octanol–water partition coefficient (Wildman–Crippen LogP) is 0.783. The number of hydrogen-bond acceptors (Lipinski definition) is 4. The molecule has 0 radical (unpaired) electrons. The van der Waals surface area contributed by atoms with Crippen molar-refractivity contribution in [2.45, 2.75) is 19.4 Å². The van der Waals surface area contributed by atoms with E-state index in [1.807, 2.05) is 6.07 Å². The van der Waals surface area contributed by atoms with Crippen molar-refractivity contribution in [1.82, 2.24) is 4.98 Å². The Morgan fingerprint density at radius 1 is 1.44 bits per heavy atom. The third-order valence-electron chi connectivity index (χ3n) is 3.18. The number of aliphatic hydroxyl groups is 2. The molecule has 0 amide bonds. The van der Waals surface area contributed by atoms with Crippen LogP contribution in [0.4, 0.5) is 5.69 Å². The van der Waals surface area contributed by atoms with Crippen LogP contribution in [0.5, 0.6) is 0 Å². The van der Waals surface area contributed by atoms with Crippen molar-refractivity contribution in [3.63, 3.8) is 0 Å². The fourth-order valence-electron chi connectivity index (χ4n) is 2.27. The Balaban J connectivity index is 2.16. The molecule has 0 aliphatic carbocycles. The zero-order chi connectivity index (χ0) is 11.4. The van der Waals surface area contributed by atoms with Crippen LogP contribution in [-0.2, 0) is 6.61 Å². The molecular formula is C12H18N2O2. The lowest BCUT2D eigenvalue weighted by molar-refractivity contribution is 0.208. The molecule has 1 aliphatic heterocycles. The minimum Gasteiger partial charge on any atom is -0.396 e. The molecule has 1 unspecified atom stereocenters. The summed E-state index contributed by atoms with van der Waals surface area (Å²) in [6, 6.07) is 1.85. The second-order valence-electron chi connectivity index (χ2n) is 4.30. The highest BCUT2D eigenvalue weighted by molar-refractivity contribution is 5.51. The number of rotatable bonds is 3. The van der Waals surface area contributed by atoms with Crippen molar-refractivity contribution in [2.75, 3.05) is 24.6 Å². The molecule has 0 saturated carbocycles. The highest BCUT2D eigenvalue weighted by Gasteiger charge is 2.20. The summed E-state index contributed by atoms with van der Waals surface area (Å²) in [5.41, 5.74) is 1.91. The number of nitrogens with zero attached hydrogens (tertiary/aromatic N) is 2. The lowest BCUT2D eigenvalue weighted by Crippen LogP contribution is -2.37. The van der Waals surface area contributed by atoms with E-state index in [4.69, 9.17) is 0 Å². The molecule has 1 aliphatic rings. The molecule has 4 heteroatoms. The van der Waals surface area contributed by atoms with Crippen molar-refractivity contribution in [3.05, 3.63) is 24.0 Å². The second-order valence-corrected chi connectivity index (χ2v) is 4.30. The van der Waals surface area contributed by atoms with Gasteiger partial charge in [-0.05, 0) is 24.8 Å². The normalized spacial score (nSPS) is 21.1. The van der Waals surface area contributed by atoms with Crippen molar-refractivity contribution in [3.8, 4) is 0 Å². The van der Waals surface area contributed by atoms with Gasteiger partial charge in [0.25, 0.3) is 0 Å². The van der Waals surface area contributed by atoms with Gasteiger partial charge in [-0.2, -0.15) is 0 Å². The Kier molecular flexibility index (Phi) is 3.74. The number of piperidine rings is 1. The SMILES string of the molecule is OCc1ccncc1N1CCCC(CO)C1. The number of anilines is 1. The quantitative estimate of drug-likeness (QED) is 0.793. The third kappa shape index (κ3) is 2.33. The lowest BCUT2D eigenvalue weighted by atomic mass is 9.98. The first-order chi connectivity index (χ1) is 7.85. The van der Waals surface area contributed by atoms with Crippen LogP contribution >= 0.6 is 0 Å². The first-order valence-electron chi connectivity index (χ1n) is 5.74. The Morgan fingerprint density at radius 3 is 3.06 bits per heavy atom. The summed E-state index contributed by atoms with van der Waals surface area (Å²) in [6.07, 6.45) is 5.67. The molecule has 16 heavy (non-hydrogen) atoms. The van der Waals surface area contributed by atoms with Gasteiger partial charge in [-0.25, -0.2) is 0 Å². The van der Waals surface area contributed by atoms with Crippen LogP contribution in [0.25, 0.3) is 0 Å². The molecule has 1 atom stereocenters. The third-order valence-corrected chi connectivity index (χ3v) is 3.18. The van der Waals surface area contributed by atoms with E-state index in [0.717, 1.165) is 37.2 Å². The van der Waals surface area contributed by atoms with Gasteiger partial charge in [-0.15, -0.1) is 0 Å². The maximum atomic E-state index is 9.27. The maximum Gasteiger partial charge on any atom is 0.0703 e. The van der Waals surface area contributed by atoms with Gasteiger partial charge < -0.3 is 15.1 Å². The molecule has 2 rings (SSSR count). The summed E-state index contributed by atoms with van der Waals surface area (Å²) in [6.45, 7) is 2.12. The molecule has 2 heterocycles. The molecule has 1 fully saturated rings. The summed E-state index contributed by atoms with van der Waals surface area (Å²) in [7, 11) is 0. The fourth-order valence-corrected chi connectivity index (χ4v) is 2.27. The van der Waals surface area contributed by atoms with Crippen molar-refractivity contribution in [2.24, 2.45) is 5.92 Å². The molecule has 0 bridgehead atoms. The fraction of sp³-hybridized carbons (Fsp3) is 0.583. The van der Waals surface area contributed by atoms with Crippen molar-refractivity contribution < 1.29 is 10.2 Å². The maximum absolute atomic E-state index is 9.27. The molecule has 1 aromatic rings. The standard InChI is InChI=1S/C12H18N2O2/c15-8-10-2-1-5-14(7-10)12-6-13-4-3-11(12)9-16/h3-4,6,10,15-16H,1-2,5,7-9H2.